The Morgan fingerprint density at radius 3 is 2.93 bits per heavy atom. The van der Waals surface area contributed by atoms with Gasteiger partial charge in [0.1, 0.15) is 5.02 Å². The molecule has 10 heteroatoms. The minimum Gasteiger partial charge on any atom is -0.322 e. The highest BCUT2D eigenvalue weighted by Crippen LogP contribution is 2.24. The lowest BCUT2D eigenvalue weighted by Crippen LogP contribution is -2.19. The standard InChI is InChI=1S/C17H14ClN5O3S/c1-22-14-5-3-2-4-13(14)20-17(22)27-10-16(24)21-19-9-11-6-7-12(18)15(8-11)23(25)26/h2-9H,10H2,1H3,(H,21,24)/b19-9-. The molecule has 0 fully saturated rings. The fourth-order valence-corrected chi connectivity index (χ4v) is 3.31. The molecule has 1 N–H and O–H groups in total. The molecule has 1 heterocycles. The average molecular weight is 404 g/mol. The van der Waals surface area contributed by atoms with E-state index in [1.807, 2.05) is 35.9 Å². The Hall–Kier alpha value is -2.91. The van der Waals surface area contributed by atoms with Crippen molar-refractivity contribution in [1.29, 1.82) is 0 Å². The van der Waals surface area contributed by atoms with Gasteiger partial charge in [-0.15, -0.1) is 0 Å². The minimum absolute atomic E-state index is 0.0417. The first kappa shape index (κ1) is 18.9. The molecule has 0 atom stereocenters. The molecular formula is C17H14ClN5O3S. The van der Waals surface area contributed by atoms with E-state index >= 15 is 0 Å². The lowest BCUT2D eigenvalue weighted by Gasteiger charge is -2.01. The molecule has 0 unspecified atom stereocenters. The van der Waals surface area contributed by atoms with Crippen LogP contribution in [-0.4, -0.2) is 32.3 Å². The highest BCUT2D eigenvalue weighted by atomic mass is 35.5. The number of thioether (sulfide) groups is 1. The molecule has 0 bridgehead atoms. The zero-order valence-electron chi connectivity index (χ0n) is 14.1. The minimum atomic E-state index is -0.578. The second-order valence-electron chi connectivity index (χ2n) is 5.49. The zero-order valence-corrected chi connectivity index (χ0v) is 15.7. The number of nitrogens with zero attached hydrogens (tertiary/aromatic N) is 4. The number of nitro benzene ring substituents is 1. The van der Waals surface area contributed by atoms with Crippen LogP contribution in [0.3, 0.4) is 0 Å². The van der Waals surface area contributed by atoms with Gasteiger partial charge in [-0.3, -0.25) is 14.9 Å². The molecule has 0 aliphatic heterocycles. The van der Waals surface area contributed by atoms with E-state index in [0.717, 1.165) is 16.2 Å². The number of hydrogen-bond donors (Lipinski definition) is 1. The van der Waals surface area contributed by atoms with Gasteiger partial charge in [0, 0.05) is 18.7 Å². The Morgan fingerprint density at radius 2 is 2.19 bits per heavy atom. The molecule has 0 saturated carbocycles. The number of amides is 1. The number of hydrogen-bond acceptors (Lipinski definition) is 6. The van der Waals surface area contributed by atoms with E-state index in [9.17, 15) is 14.9 Å². The Labute approximate surface area is 163 Å². The summed E-state index contributed by atoms with van der Waals surface area (Å²) in [5.41, 5.74) is 4.48. The lowest BCUT2D eigenvalue weighted by atomic mass is 10.2. The number of carbonyl (C=O) groups excluding carboxylic acids is 1. The van der Waals surface area contributed by atoms with Crippen molar-refractivity contribution >= 4 is 52.2 Å². The van der Waals surface area contributed by atoms with Gasteiger partial charge in [0.2, 0.25) is 0 Å². The van der Waals surface area contributed by atoms with E-state index in [-0.39, 0.29) is 22.4 Å². The predicted octanol–water partition coefficient (Wildman–Crippen LogP) is 3.38. The van der Waals surface area contributed by atoms with E-state index in [2.05, 4.69) is 15.5 Å². The molecule has 3 rings (SSSR count). The maximum absolute atomic E-state index is 12.0. The van der Waals surface area contributed by atoms with Crippen molar-refractivity contribution in [3.8, 4) is 0 Å². The van der Waals surface area contributed by atoms with Crippen LogP contribution >= 0.6 is 23.4 Å². The number of halogens is 1. The smallest absolute Gasteiger partial charge is 0.288 e. The number of nitrogens with one attached hydrogen (secondary N) is 1. The summed E-state index contributed by atoms with van der Waals surface area (Å²) in [6, 6.07) is 12.0. The number of para-hydroxylation sites is 2. The Morgan fingerprint density at radius 1 is 1.41 bits per heavy atom. The molecular weight excluding hydrogens is 390 g/mol. The summed E-state index contributed by atoms with van der Waals surface area (Å²) in [7, 11) is 1.89. The van der Waals surface area contributed by atoms with Gasteiger partial charge in [-0.2, -0.15) is 5.10 Å². The van der Waals surface area contributed by atoms with E-state index < -0.39 is 4.92 Å². The third-order valence-corrected chi connectivity index (χ3v) is 5.00. The fraction of sp³-hybridized carbons (Fsp3) is 0.118. The zero-order chi connectivity index (χ0) is 19.4. The van der Waals surface area contributed by atoms with Gasteiger partial charge >= 0.3 is 0 Å². The van der Waals surface area contributed by atoms with Crippen molar-refractivity contribution in [2.75, 3.05) is 5.75 Å². The van der Waals surface area contributed by atoms with Crippen molar-refractivity contribution in [3.05, 3.63) is 63.2 Å². The molecule has 27 heavy (non-hydrogen) atoms. The van der Waals surface area contributed by atoms with Crippen LogP contribution < -0.4 is 5.43 Å². The molecule has 8 nitrogen and oxygen atoms in total. The van der Waals surface area contributed by atoms with E-state index in [0.29, 0.717) is 5.56 Å². The summed E-state index contributed by atoms with van der Waals surface area (Å²) in [6.45, 7) is 0. The third-order valence-electron chi connectivity index (χ3n) is 3.65. The number of nitro groups is 1. The van der Waals surface area contributed by atoms with Crippen LogP contribution in [0.15, 0.2) is 52.7 Å². The van der Waals surface area contributed by atoms with Crippen LogP contribution in [-0.2, 0) is 11.8 Å². The molecule has 2 aromatic carbocycles. The lowest BCUT2D eigenvalue weighted by molar-refractivity contribution is -0.384. The van der Waals surface area contributed by atoms with Crippen LogP contribution in [0.1, 0.15) is 5.56 Å². The second-order valence-corrected chi connectivity index (χ2v) is 6.84. The number of aromatic nitrogens is 2. The number of carbonyl (C=O) groups is 1. The van der Waals surface area contributed by atoms with Gasteiger partial charge in [0.15, 0.2) is 5.16 Å². The van der Waals surface area contributed by atoms with Crippen LogP contribution in [0.5, 0.6) is 0 Å². The fourth-order valence-electron chi connectivity index (χ4n) is 2.34. The quantitative estimate of drug-likeness (QED) is 0.294. The van der Waals surface area contributed by atoms with Crippen molar-refractivity contribution < 1.29 is 9.72 Å². The molecule has 3 aromatic rings. The molecule has 0 aliphatic rings. The number of imidazole rings is 1. The Bertz CT molecular complexity index is 1050. The monoisotopic (exact) mass is 403 g/mol. The highest BCUT2D eigenvalue weighted by Gasteiger charge is 2.12. The predicted molar refractivity (Wildman–Crippen MR) is 105 cm³/mol. The summed E-state index contributed by atoms with van der Waals surface area (Å²) in [5, 5.41) is 15.4. The van der Waals surface area contributed by atoms with Gasteiger partial charge in [-0.25, -0.2) is 10.4 Å². The number of fused-ring (bicyclic) bond motifs is 1. The Balaban J connectivity index is 1.58. The molecule has 0 radical (unpaired) electrons. The molecule has 138 valence electrons. The van der Waals surface area contributed by atoms with Crippen LogP contribution in [0.2, 0.25) is 5.02 Å². The summed E-state index contributed by atoms with van der Waals surface area (Å²) in [5.74, 6) is -0.179. The second kappa shape index (κ2) is 8.19. The van der Waals surface area contributed by atoms with Gasteiger partial charge < -0.3 is 4.57 Å². The van der Waals surface area contributed by atoms with Gasteiger partial charge in [-0.05, 0) is 18.2 Å². The molecule has 0 spiro atoms. The highest BCUT2D eigenvalue weighted by molar-refractivity contribution is 7.99. The first-order valence-electron chi connectivity index (χ1n) is 7.76. The van der Waals surface area contributed by atoms with Crippen LogP contribution in [0.4, 0.5) is 5.69 Å². The van der Waals surface area contributed by atoms with E-state index in [4.69, 9.17) is 11.6 Å². The van der Waals surface area contributed by atoms with Gasteiger partial charge in [0.05, 0.1) is 27.9 Å². The molecule has 0 aliphatic carbocycles. The first-order chi connectivity index (χ1) is 13.0. The van der Waals surface area contributed by atoms with E-state index in [1.165, 1.54) is 30.1 Å². The molecule has 0 saturated heterocycles. The van der Waals surface area contributed by atoms with Crippen molar-refractivity contribution in [3.63, 3.8) is 0 Å². The molecule has 1 aromatic heterocycles. The summed E-state index contributed by atoms with van der Waals surface area (Å²) in [4.78, 5) is 26.7. The number of rotatable bonds is 6. The van der Waals surface area contributed by atoms with Crippen LogP contribution in [0, 0.1) is 10.1 Å². The summed E-state index contributed by atoms with van der Waals surface area (Å²) in [6.07, 6.45) is 1.32. The average Bonchev–Trinajstić information content (AvgIpc) is 2.97. The normalized spacial score (nSPS) is 11.2. The van der Waals surface area contributed by atoms with Gasteiger partial charge in [0.25, 0.3) is 11.6 Å². The molecule has 1 amide bonds. The topological polar surface area (TPSA) is 102 Å². The van der Waals surface area contributed by atoms with Crippen molar-refractivity contribution in [2.24, 2.45) is 12.1 Å². The van der Waals surface area contributed by atoms with E-state index in [1.54, 1.807) is 6.07 Å². The largest absolute Gasteiger partial charge is 0.322 e. The van der Waals surface area contributed by atoms with Gasteiger partial charge in [-0.1, -0.05) is 41.6 Å². The van der Waals surface area contributed by atoms with Crippen molar-refractivity contribution in [1.82, 2.24) is 15.0 Å². The Kier molecular flexibility index (Phi) is 5.72. The van der Waals surface area contributed by atoms with Crippen LogP contribution in [0.25, 0.3) is 11.0 Å². The summed E-state index contributed by atoms with van der Waals surface area (Å²) < 4.78 is 1.92. The summed E-state index contributed by atoms with van der Waals surface area (Å²) >= 11 is 7.05. The number of aryl methyl sites for hydroxylation is 1. The van der Waals surface area contributed by atoms with Crippen molar-refractivity contribution in [2.45, 2.75) is 5.16 Å². The maximum Gasteiger partial charge on any atom is 0.288 e. The maximum atomic E-state index is 12.0. The third kappa shape index (κ3) is 4.44. The first-order valence-corrected chi connectivity index (χ1v) is 9.12. The SMILES string of the molecule is Cn1c(SCC(=O)N/N=C\c2ccc(Cl)c([N+](=O)[O-])c2)nc2ccccc21. The number of hydrazone groups is 1. The number of benzene rings is 2.